The summed E-state index contributed by atoms with van der Waals surface area (Å²) in [7, 11) is 0. The number of hydrogen-bond acceptors (Lipinski definition) is 3. The van der Waals surface area contributed by atoms with Crippen LogP contribution in [0.25, 0.3) is 0 Å². The number of nitrogens with zero attached hydrogens (tertiary/aromatic N) is 2. The van der Waals surface area contributed by atoms with Crippen molar-refractivity contribution in [1.29, 1.82) is 0 Å². The van der Waals surface area contributed by atoms with Crippen molar-refractivity contribution in [3.63, 3.8) is 0 Å². The van der Waals surface area contributed by atoms with Gasteiger partial charge in [0.1, 0.15) is 0 Å². The third kappa shape index (κ3) is 2.57. The molecule has 0 aromatic carbocycles. The SMILES string of the molecule is OC1[C@@H]2CC[C@H]1CN(CCCc1cccnc1)C2. The van der Waals surface area contributed by atoms with E-state index in [4.69, 9.17) is 0 Å². The predicted molar refractivity (Wildman–Crippen MR) is 71.2 cm³/mol. The molecule has 3 heteroatoms. The number of aliphatic hydroxyl groups excluding tert-OH is 1. The Hall–Kier alpha value is -0.930. The van der Waals surface area contributed by atoms with Crippen molar-refractivity contribution >= 4 is 0 Å². The number of aryl methyl sites for hydroxylation is 1. The fraction of sp³-hybridized carbons (Fsp3) is 0.667. The zero-order chi connectivity index (χ0) is 12.4. The Morgan fingerprint density at radius 2 is 2.06 bits per heavy atom. The van der Waals surface area contributed by atoms with E-state index in [1.165, 1.54) is 24.8 Å². The van der Waals surface area contributed by atoms with Gasteiger partial charge in [-0.15, -0.1) is 0 Å². The van der Waals surface area contributed by atoms with Crippen molar-refractivity contribution in [2.24, 2.45) is 11.8 Å². The van der Waals surface area contributed by atoms with Crippen molar-refractivity contribution in [3.05, 3.63) is 30.1 Å². The minimum atomic E-state index is -0.0143. The van der Waals surface area contributed by atoms with Crippen LogP contribution in [0.5, 0.6) is 0 Å². The van der Waals surface area contributed by atoms with Crippen LogP contribution in [0.15, 0.2) is 24.5 Å². The molecular formula is C15H22N2O. The fourth-order valence-electron chi connectivity index (χ4n) is 3.53. The summed E-state index contributed by atoms with van der Waals surface area (Å²) in [6.07, 6.45) is 8.54. The van der Waals surface area contributed by atoms with Crippen LogP contribution in [0.1, 0.15) is 24.8 Å². The Labute approximate surface area is 109 Å². The highest BCUT2D eigenvalue weighted by molar-refractivity contribution is 5.08. The largest absolute Gasteiger partial charge is 0.392 e. The molecule has 1 N–H and O–H groups in total. The third-order valence-corrected chi connectivity index (χ3v) is 4.52. The maximum Gasteiger partial charge on any atom is 0.0620 e. The molecule has 0 radical (unpaired) electrons. The van der Waals surface area contributed by atoms with Gasteiger partial charge in [0.25, 0.3) is 0 Å². The number of fused-ring (bicyclic) bond motifs is 2. The van der Waals surface area contributed by atoms with E-state index in [0.717, 1.165) is 26.1 Å². The van der Waals surface area contributed by atoms with E-state index >= 15 is 0 Å². The van der Waals surface area contributed by atoms with Gasteiger partial charge in [0.15, 0.2) is 0 Å². The molecular weight excluding hydrogens is 224 g/mol. The Bertz CT molecular complexity index is 367. The molecule has 1 aliphatic carbocycles. The van der Waals surface area contributed by atoms with Crippen LogP contribution in [0.2, 0.25) is 0 Å². The Balaban J connectivity index is 1.45. The molecule has 2 heterocycles. The first-order chi connectivity index (χ1) is 8.83. The summed E-state index contributed by atoms with van der Waals surface area (Å²) < 4.78 is 0. The first-order valence-corrected chi connectivity index (χ1v) is 7.12. The molecule has 1 aromatic rings. The Morgan fingerprint density at radius 3 is 2.72 bits per heavy atom. The van der Waals surface area contributed by atoms with Gasteiger partial charge < -0.3 is 10.0 Å². The number of aromatic nitrogens is 1. The van der Waals surface area contributed by atoms with Gasteiger partial charge in [-0.2, -0.15) is 0 Å². The summed E-state index contributed by atoms with van der Waals surface area (Å²) in [5, 5.41) is 9.99. The van der Waals surface area contributed by atoms with E-state index in [1.807, 2.05) is 18.5 Å². The third-order valence-electron chi connectivity index (χ3n) is 4.52. The van der Waals surface area contributed by atoms with Gasteiger partial charge in [-0.05, 0) is 55.7 Å². The highest BCUT2D eigenvalue weighted by atomic mass is 16.3. The van der Waals surface area contributed by atoms with Crippen LogP contribution in [-0.2, 0) is 6.42 Å². The van der Waals surface area contributed by atoms with Gasteiger partial charge in [-0.1, -0.05) is 6.07 Å². The van der Waals surface area contributed by atoms with Crippen molar-refractivity contribution < 1.29 is 5.11 Å². The molecule has 2 aliphatic rings. The van der Waals surface area contributed by atoms with Crippen molar-refractivity contribution in [1.82, 2.24) is 9.88 Å². The minimum Gasteiger partial charge on any atom is -0.392 e. The molecule has 1 aliphatic heterocycles. The average Bonchev–Trinajstić information content (AvgIpc) is 2.64. The molecule has 98 valence electrons. The van der Waals surface area contributed by atoms with Crippen LogP contribution < -0.4 is 0 Å². The summed E-state index contributed by atoms with van der Waals surface area (Å²) >= 11 is 0. The van der Waals surface area contributed by atoms with Gasteiger partial charge in [-0.3, -0.25) is 4.98 Å². The van der Waals surface area contributed by atoms with Gasteiger partial charge >= 0.3 is 0 Å². The number of pyridine rings is 1. The van der Waals surface area contributed by atoms with Crippen molar-refractivity contribution in [3.8, 4) is 0 Å². The second-order valence-electron chi connectivity index (χ2n) is 5.81. The zero-order valence-electron chi connectivity index (χ0n) is 10.8. The van der Waals surface area contributed by atoms with E-state index in [9.17, 15) is 5.11 Å². The summed E-state index contributed by atoms with van der Waals surface area (Å²) in [6, 6.07) is 4.16. The second-order valence-corrected chi connectivity index (χ2v) is 5.81. The molecule has 18 heavy (non-hydrogen) atoms. The molecule has 2 bridgehead atoms. The van der Waals surface area contributed by atoms with Gasteiger partial charge in [0, 0.05) is 25.5 Å². The molecule has 2 fully saturated rings. The lowest BCUT2D eigenvalue weighted by molar-refractivity contribution is 0.0166. The van der Waals surface area contributed by atoms with Gasteiger partial charge in [0.05, 0.1) is 6.10 Å². The number of hydrogen-bond donors (Lipinski definition) is 1. The Morgan fingerprint density at radius 1 is 1.28 bits per heavy atom. The summed E-state index contributed by atoms with van der Waals surface area (Å²) in [6.45, 7) is 3.37. The van der Waals surface area contributed by atoms with Crippen LogP contribution in [-0.4, -0.2) is 40.7 Å². The molecule has 3 atom stereocenters. The zero-order valence-corrected chi connectivity index (χ0v) is 10.8. The van der Waals surface area contributed by atoms with E-state index in [1.54, 1.807) is 0 Å². The van der Waals surface area contributed by atoms with Gasteiger partial charge in [-0.25, -0.2) is 0 Å². The summed E-state index contributed by atoms with van der Waals surface area (Å²) in [5.41, 5.74) is 1.33. The lowest BCUT2D eigenvalue weighted by atomic mass is 9.95. The Kier molecular flexibility index (Phi) is 3.62. The topological polar surface area (TPSA) is 36.4 Å². The highest BCUT2D eigenvalue weighted by Crippen LogP contribution is 2.36. The summed E-state index contributed by atoms with van der Waals surface area (Å²) in [4.78, 5) is 6.69. The number of piperidine rings is 1. The fourth-order valence-corrected chi connectivity index (χ4v) is 3.53. The van der Waals surface area contributed by atoms with Gasteiger partial charge in [0.2, 0.25) is 0 Å². The normalized spacial score (nSPS) is 31.7. The second kappa shape index (κ2) is 5.37. The smallest absolute Gasteiger partial charge is 0.0620 e. The first-order valence-electron chi connectivity index (χ1n) is 7.12. The number of aliphatic hydroxyl groups is 1. The maximum atomic E-state index is 9.99. The van der Waals surface area contributed by atoms with Crippen molar-refractivity contribution in [2.45, 2.75) is 31.8 Å². The minimum absolute atomic E-state index is 0.0143. The molecule has 3 rings (SSSR count). The monoisotopic (exact) mass is 246 g/mol. The lowest BCUT2D eigenvalue weighted by Crippen LogP contribution is -2.44. The highest BCUT2D eigenvalue weighted by Gasteiger charge is 2.40. The predicted octanol–water partition coefficient (Wildman–Crippen LogP) is 1.72. The first kappa shape index (κ1) is 12.1. The van der Waals surface area contributed by atoms with E-state index in [2.05, 4.69) is 16.0 Å². The standard InChI is InChI=1S/C15H22N2O/c18-15-13-5-6-14(15)11-17(10-13)8-2-4-12-3-1-7-16-9-12/h1,3,7,9,13-15,18H,2,4-6,8,10-11H2/t13-,14+,15?. The lowest BCUT2D eigenvalue weighted by Gasteiger charge is -2.35. The van der Waals surface area contributed by atoms with E-state index in [0.29, 0.717) is 11.8 Å². The van der Waals surface area contributed by atoms with Crippen LogP contribution in [0, 0.1) is 11.8 Å². The van der Waals surface area contributed by atoms with Crippen molar-refractivity contribution in [2.75, 3.05) is 19.6 Å². The molecule has 0 amide bonds. The quantitative estimate of drug-likeness (QED) is 0.878. The molecule has 1 aromatic heterocycles. The molecule has 1 saturated heterocycles. The van der Waals surface area contributed by atoms with Crippen LogP contribution in [0.3, 0.4) is 0 Å². The molecule has 1 saturated carbocycles. The van der Waals surface area contributed by atoms with Crippen LogP contribution in [0.4, 0.5) is 0 Å². The average molecular weight is 246 g/mol. The van der Waals surface area contributed by atoms with E-state index < -0.39 is 0 Å². The number of rotatable bonds is 4. The molecule has 1 unspecified atom stereocenters. The summed E-state index contributed by atoms with van der Waals surface area (Å²) in [5.74, 6) is 1.09. The van der Waals surface area contributed by atoms with E-state index in [-0.39, 0.29) is 6.10 Å². The number of likely N-dealkylation sites (tertiary alicyclic amines) is 1. The molecule has 0 spiro atoms. The van der Waals surface area contributed by atoms with Crippen LogP contribution >= 0.6 is 0 Å². The maximum absolute atomic E-state index is 9.99. The molecule has 3 nitrogen and oxygen atoms in total.